The van der Waals surface area contributed by atoms with Gasteiger partial charge in [-0.2, -0.15) is 0 Å². The molecule has 1 aliphatic heterocycles. The smallest absolute Gasteiger partial charge is 0.236 e. The molecule has 0 radical (unpaired) electrons. The van der Waals surface area contributed by atoms with E-state index >= 15 is 0 Å². The van der Waals surface area contributed by atoms with Gasteiger partial charge in [0.25, 0.3) is 0 Å². The Morgan fingerprint density at radius 2 is 1.74 bits per heavy atom. The van der Waals surface area contributed by atoms with Gasteiger partial charge in [-0.25, -0.2) is 0 Å². The van der Waals surface area contributed by atoms with Gasteiger partial charge in [0, 0.05) is 11.8 Å². The molecule has 1 unspecified atom stereocenters. The van der Waals surface area contributed by atoms with Gasteiger partial charge in [0.2, 0.25) is 5.91 Å². The van der Waals surface area contributed by atoms with Crippen molar-refractivity contribution in [1.29, 1.82) is 10.8 Å². The Morgan fingerprint density at radius 3 is 2.29 bits per heavy atom. The summed E-state index contributed by atoms with van der Waals surface area (Å²) in [4.78, 5) is 13.5. The highest BCUT2D eigenvalue weighted by molar-refractivity contribution is 6.19. The van der Waals surface area contributed by atoms with E-state index in [4.69, 9.17) is 10.8 Å². The first-order chi connectivity index (χ1) is 16.2. The second kappa shape index (κ2) is 10.2. The van der Waals surface area contributed by atoms with E-state index in [0.717, 1.165) is 29.3 Å². The Labute approximate surface area is 203 Å². The lowest BCUT2D eigenvalue weighted by Crippen LogP contribution is -2.53. The fourth-order valence-electron chi connectivity index (χ4n) is 4.75. The maximum atomic E-state index is 13.5. The molecule has 0 aliphatic carbocycles. The fourth-order valence-corrected chi connectivity index (χ4v) is 4.75. The number of hydrogen-bond acceptors (Lipinski definition) is 5. The minimum atomic E-state index is -0.739. The van der Waals surface area contributed by atoms with Crippen LogP contribution in [0.4, 0.5) is 0 Å². The van der Waals surface area contributed by atoms with E-state index in [1.165, 1.54) is 0 Å². The lowest BCUT2D eigenvalue weighted by Gasteiger charge is -2.41. The van der Waals surface area contributed by atoms with Crippen molar-refractivity contribution < 1.29 is 4.79 Å². The maximum absolute atomic E-state index is 13.5. The topological polar surface area (TPSA) is 101 Å². The van der Waals surface area contributed by atoms with E-state index in [1.807, 2.05) is 63.2 Å². The van der Waals surface area contributed by atoms with E-state index < -0.39 is 5.41 Å². The molecule has 1 amide bonds. The van der Waals surface area contributed by atoms with Gasteiger partial charge >= 0.3 is 0 Å². The molecule has 180 valence electrons. The van der Waals surface area contributed by atoms with Crippen molar-refractivity contribution in [3.05, 3.63) is 82.7 Å². The van der Waals surface area contributed by atoms with Gasteiger partial charge in [0.15, 0.2) is 0 Å². The van der Waals surface area contributed by atoms with Crippen LogP contribution in [0.2, 0.25) is 0 Å². The summed E-state index contributed by atoms with van der Waals surface area (Å²) in [5.74, 6) is 0.276. The number of benzene rings is 2. The molecule has 6 heteroatoms. The van der Waals surface area contributed by atoms with Crippen molar-refractivity contribution in [2.24, 2.45) is 0 Å². The van der Waals surface area contributed by atoms with Crippen LogP contribution in [0.1, 0.15) is 69.7 Å². The highest BCUT2D eigenvalue weighted by Crippen LogP contribution is 2.33. The van der Waals surface area contributed by atoms with Crippen LogP contribution in [0.25, 0.3) is 0 Å². The van der Waals surface area contributed by atoms with E-state index in [-0.39, 0.29) is 23.3 Å². The summed E-state index contributed by atoms with van der Waals surface area (Å²) in [6.07, 6.45) is 3.20. The van der Waals surface area contributed by atoms with E-state index in [2.05, 4.69) is 41.9 Å². The standard InChI is InChI=1S/C28H37N5O/c1-6-28(7-2,21-15-13-19(3)14-16-21)26(34)32-24(30)22(18-29)25-31-23(17-27(4,5)33-25)20-11-9-8-10-12-20/h8-16,18,23,29,31,33H,6-7,17H2,1-5H3,(H2,30,32,34)/b25-22+,29-18?. The number of carbonyl (C=O) groups excluding carboxylic acids is 1. The molecular weight excluding hydrogens is 422 g/mol. The van der Waals surface area contributed by atoms with E-state index in [9.17, 15) is 4.79 Å². The quantitative estimate of drug-likeness (QED) is 0.294. The lowest BCUT2D eigenvalue weighted by atomic mass is 9.74. The molecule has 2 aromatic rings. The van der Waals surface area contributed by atoms with Crippen LogP contribution in [-0.2, 0) is 10.2 Å². The number of aryl methyl sites for hydroxylation is 1. The molecule has 1 fully saturated rings. The molecule has 1 heterocycles. The van der Waals surface area contributed by atoms with Gasteiger partial charge in [-0.3, -0.25) is 10.2 Å². The molecule has 0 spiro atoms. The second-order valence-electron chi connectivity index (χ2n) is 9.74. The van der Waals surface area contributed by atoms with Gasteiger partial charge < -0.3 is 21.4 Å². The highest BCUT2D eigenvalue weighted by Gasteiger charge is 2.38. The van der Waals surface area contributed by atoms with Crippen LogP contribution in [-0.4, -0.2) is 23.5 Å². The van der Waals surface area contributed by atoms with Crippen molar-refractivity contribution in [3.63, 3.8) is 0 Å². The van der Waals surface area contributed by atoms with Gasteiger partial charge in [0.1, 0.15) is 11.7 Å². The summed E-state index contributed by atoms with van der Waals surface area (Å²) in [7, 11) is 0. The fraction of sp³-hybridized carbons (Fsp3) is 0.393. The Morgan fingerprint density at radius 1 is 1.12 bits per heavy atom. The first-order valence-corrected chi connectivity index (χ1v) is 12.0. The number of nitrogens with one attached hydrogen (secondary N) is 5. The third kappa shape index (κ3) is 5.22. The Hall–Kier alpha value is -3.41. The van der Waals surface area contributed by atoms with Crippen LogP contribution in [0.15, 0.2) is 66.0 Å². The zero-order valence-electron chi connectivity index (χ0n) is 20.9. The summed E-state index contributed by atoms with van der Waals surface area (Å²) < 4.78 is 0. The average molecular weight is 460 g/mol. The van der Waals surface area contributed by atoms with Crippen LogP contribution >= 0.6 is 0 Å². The van der Waals surface area contributed by atoms with Crippen LogP contribution < -0.4 is 16.0 Å². The number of amidine groups is 1. The monoisotopic (exact) mass is 459 g/mol. The van der Waals surface area contributed by atoms with E-state index in [1.54, 1.807) is 0 Å². The minimum Gasteiger partial charge on any atom is -0.366 e. The molecule has 2 aromatic carbocycles. The Bertz CT molecular complexity index is 1070. The molecular formula is C28H37N5O. The zero-order valence-corrected chi connectivity index (χ0v) is 20.9. The summed E-state index contributed by atoms with van der Waals surface area (Å²) in [5, 5.41) is 26.5. The molecule has 34 heavy (non-hydrogen) atoms. The largest absolute Gasteiger partial charge is 0.366 e. The molecule has 6 nitrogen and oxygen atoms in total. The number of amides is 1. The second-order valence-corrected chi connectivity index (χ2v) is 9.74. The summed E-state index contributed by atoms with van der Waals surface area (Å²) in [5.41, 5.74) is 2.56. The summed E-state index contributed by atoms with van der Waals surface area (Å²) in [6.45, 7) is 10.2. The molecule has 0 bridgehead atoms. The Kier molecular flexibility index (Phi) is 7.60. The van der Waals surface area contributed by atoms with E-state index in [0.29, 0.717) is 24.2 Å². The molecule has 0 saturated carbocycles. The molecule has 5 N–H and O–H groups in total. The van der Waals surface area contributed by atoms with Gasteiger partial charge in [0.05, 0.1) is 17.0 Å². The highest BCUT2D eigenvalue weighted by atomic mass is 16.2. The SMILES string of the molecule is CCC(CC)(C(=O)NC(=N)/C(C=N)=C1\NC(c2ccccc2)CC(C)(C)N1)c1ccc(C)cc1. The lowest BCUT2D eigenvalue weighted by molar-refractivity contribution is -0.125. The van der Waals surface area contributed by atoms with Crippen LogP contribution in [0, 0.1) is 17.7 Å². The summed E-state index contributed by atoms with van der Waals surface area (Å²) in [6, 6.07) is 18.2. The third-order valence-electron chi connectivity index (χ3n) is 6.87. The first-order valence-electron chi connectivity index (χ1n) is 12.0. The van der Waals surface area contributed by atoms with Gasteiger partial charge in [-0.15, -0.1) is 0 Å². The molecule has 3 rings (SSSR count). The van der Waals surface area contributed by atoms with Crippen molar-refractivity contribution in [1.82, 2.24) is 16.0 Å². The average Bonchev–Trinajstić information content (AvgIpc) is 2.81. The van der Waals surface area contributed by atoms with Crippen molar-refractivity contribution in [2.45, 2.75) is 70.9 Å². The van der Waals surface area contributed by atoms with Gasteiger partial charge in [-0.05, 0) is 51.2 Å². The number of rotatable bonds is 7. The normalized spacial score (nSPS) is 18.8. The van der Waals surface area contributed by atoms with Crippen LogP contribution in [0.5, 0.6) is 0 Å². The predicted octanol–water partition coefficient (Wildman–Crippen LogP) is 5.11. The van der Waals surface area contributed by atoms with Crippen molar-refractivity contribution in [3.8, 4) is 0 Å². The summed E-state index contributed by atoms with van der Waals surface area (Å²) >= 11 is 0. The van der Waals surface area contributed by atoms with Crippen molar-refractivity contribution >= 4 is 18.0 Å². The maximum Gasteiger partial charge on any atom is 0.236 e. The molecule has 1 aliphatic rings. The number of carbonyl (C=O) groups is 1. The zero-order chi connectivity index (χ0) is 24.9. The molecule has 1 atom stereocenters. The van der Waals surface area contributed by atoms with Gasteiger partial charge in [-0.1, -0.05) is 74.0 Å². The predicted molar refractivity (Wildman–Crippen MR) is 139 cm³/mol. The number of hydrogen-bond donors (Lipinski definition) is 5. The Balaban J connectivity index is 1.91. The van der Waals surface area contributed by atoms with Crippen molar-refractivity contribution in [2.75, 3.05) is 0 Å². The molecule has 1 saturated heterocycles. The first kappa shape index (κ1) is 25.2. The minimum absolute atomic E-state index is 0.0313. The van der Waals surface area contributed by atoms with Crippen LogP contribution in [0.3, 0.4) is 0 Å². The third-order valence-corrected chi connectivity index (χ3v) is 6.87. The molecule has 0 aromatic heterocycles.